The fraction of sp³-hybridized carbons (Fsp3) is 0. The van der Waals surface area contributed by atoms with Gasteiger partial charge >= 0.3 is 0 Å². The number of hydrogen-bond acceptors (Lipinski definition) is 3. The van der Waals surface area contributed by atoms with Crippen LogP contribution in [0.1, 0.15) is 10.4 Å². The van der Waals surface area contributed by atoms with Gasteiger partial charge in [-0.1, -0.05) is 23.7 Å². The molecule has 94 valence electrons. The Labute approximate surface area is 114 Å². The molecule has 5 heteroatoms. The van der Waals surface area contributed by atoms with E-state index in [4.69, 9.17) is 11.6 Å². The molecule has 1 amide bonds. The highest BCUT2D eigenvalue weighted by molar-refractivity contribution is 6.30. The van der Waals surface area contributed by atoms with Gasteiger partial charge < -0.3 is 5.32 Å². The van der Waals surface area contributed by atoms with E-state index >= 15 is 0 Å². The average Bonchev–Trinajstić information content (AvgIpc) is 2.39. The molecule has 0 aliphatic heterocycles. The van der Waals surface area contributed by atoms with Crippen LogP contribution in [0, 0.1) is 0 Å². The summed E-state index contributed by atoms with van der Waals surface area (Å²) in [7, 11) is 0. The molecule has 0 atom stereocenters. The van der Waals surface area contributed by atoms with Gasteiger partial charge in [0.15, 0.2) is 0 Å². The summed E-state index contributed by atoms with van der Waals surface area (Å²) in [6, 6.07) is 13.2. The van der Waals surface area contributed by atoms with Gasteiger partial charge in [0.05, 0.1) is 5.69 Å². The van der Waals surface area contributed by atoms with E-state index in [-0.39, 0.29) is 5.91 Å². The normalized spacial score (nSPS) is 9.53. The van der Waals surface area contributed by atoms with Crippen LogP contribution < -0.4 is 5.32 Å². The monoisotopic (exact) mass is 272 g/mol. The number of anilines is 1. The summed E-state index contributed by atoms with van der Waals surface area (Å²) in [5.74, 6) is -0.301. The number of rotatable bonds is 3. The number of amides is 1. The molecule has 2 rings (SSSR count). The van der Waals surface area contributed by atoms with Crippen LogP contribution in [0.3, 0.4) is 0 Å². The quantitative estimate of drug-likeness (QED) is 0.686. The number of halogens is 1. The van der Waals surface area contributed by atoms with Gasteiger partial charge in [-0.05, 0) is 36.4 Å². The summed E-state index contributed by atoms with van der Waals surface area (Å²) in [6.07, 6.45) is 1.43. The Morgan fingerprint density at radius 2 is 1.95 bits per heavy atom. The highest BCUT2D eigenvalue weighted by Crippen LogP contribution is 2.17. The highest BCUT2D eigenvalue weighted by Gasteiger charge is 2.06. The highest BCUT2D eigenvalue weighted by atomic mass is 35.5. The maximum atomic E-state index is 12.0. The van der Waals surface area contributed by atoms with E-state index in [1.165, 1.54) is 12.1 Å². The van der Waals surface area contributed by atoms with E-state index in [1.54, 1.807) is 42.5 Å². The van der Waals surface area contributed by atoms with Crippen LogP contribution in [0.4, 0.5) is 11.4 Å². The van der Waals surface area contributed by atoms with Gasteiger partial charge in [0, 0.05) is 16.3 Å². The molecule has 1 N–H and O–H groups in total. The molecule has 0 fully saturated rings. The topological polar surface area (TPSA) is 58.5 Å². The number of carbonyl (C=O) groups is 1. The van der Waals surface area contributed by atoms with E-state index in [2.05, 4.69) is 10.3 Å². The number of aliphatic imine (C=N–C) groups is 1. The Morgan fingerprint density at radius 1 is 1.16 bits per heavy atom. The van der Waals surface area contributed by atoms with Crippen LogP contribution in [0.5, 0.6) is 0 Å². The molecule has 4 nitrogen and oxygen atoms in total. The molecule has 0 saturated heterocycles. The van der Waals surface area contributed by atoms with Crippen molar-refractivity contribution in [2.24, 2.45) is 4.99 Å². The van der Waals surface area contributed by atoms with Gasteiger partial charge in [-0.25, -0.2) is 4.79 Å². The molecule has 0 aromatic heterocycles. The summed E-state index contributed by atoms with van der Waals surface area (Å²) in [5, 5.41) is 3.24. The molecule has 0 bridgehead atoms. The van der Waals surface area contributed by atoms with E-state index in [0.717, 1.165) is 0 Å². The van der Waals surface area contributed by atoms with Gasteiger partial charge in [-0.15, -0.1) is 0 Å². The minimum Gasteiger partial charge on any atom is -0.322 e. The Kier molecular flexibility index (Phi) is 4.08. The number of hydrogen-bond donors (Lipinski definition) is 1. The summed E-state index contributed by atoms with van der Waals surface area (Å²) in [4.78, 5) is 25.6. The maximum absolute atomic E-state index is 12.0. The Balaban J connectivity index is 2.20. The SMILES string of the molecule is O=C=Nc1cccc(C(=O)Nc2cccc(Cl)c2)c1. The van der Waals surface area contributed by atoms with Crippen LogP contribution >= 0.6 is 11.6 Å². The summed E-state index contributed by atoms with van der Waals surface area (Å²) in [5.41, 5.74) is 1.38. The average molecular weight is 273 g/mol. The molecular formula is C14H9ClN2O2. The lowest BCUT2D eigenvalue weighted by atomic mass is 10.2. The van der Waals surface area contributed by atoms with Crippen LogP contribution in [0.2, 0.25) is 5.02 Å². The molecule has 0 saturated carbocycles. The second-order valence-corrected chi connectivity index (χ2v) is 4.15. The molecule has 0 aliphatic rings. The molecule has 2 aromatic rings. The van der Waals surface area contributed by atoms with Crippen molar-refractivity contribution in [1.29, 1.82) is 0 Å². The number of nitrogens with one attached hydrogen (secondary N) is 1. The zero-order valence-corrected chi connectivity index (χ0v) is 10.5. The number of nitrogens with zero attached hydrogens (tertiary/aromatic N) is 1. The van der Waals surface area contributed by atoms with Crippen molar-refractivity contribution >= 4 is 35.0 Å². The molecule has 0 unspecified atom stereocenters. The number of isocyanates is 1. The number of benzene rings is 2. The van der Waals surface area contributed by atoms with Crippen LogP contribution in [-0.4, -0.2) is 12.0 Å². The molecular weight excluding hydrogens is 264 g/mol. The van der Waals surface area contributed by atoms with Crippen molar-refractivity contribution in [2.75, 3.05) is 5.32 Å². The minimum absolute atomic E-state index is 0.301. The first-order valence-electron chi connectivity index (χ1n) is 5.44. The molecule has 2 aromatic carbocycles. The molecule has 0 aliphatic carbocycles. The standard InChI is InChI=1S/C14H9ClN2O2/c15-11-4-2-6-13(8-11)17-14(19)10-3-1-5-12(7-10)16-9-18/h1-8H,(H,17,19). The van der Waals surface area contributed by atoms with Crippen molar-refractivity contribution in [1.82, 2.24) is 0 Å². The third-order valence-corrected chi connectivity index (χ3v) is 2.60. The van der Waals surface area contributed by atoms with Gasteiger partial charge in [0.1, 0.15) is 0 Å². The zero-order valence-electron chi connectivity index (χ0n) is 9.76. The molecule has 0 spiro atoms. The van der Waals surface area contributed by atoms with Crippen LogP contribution in [-0.2, 0) is 4.79 Å². The minimum atomic E-state index is -0.301. The lowest BCUT2D eigenvalue weighted by Gasteiger charge is -2.05. The van der Waals surface area contributed by atoms with Crippen molar-refractivity contribution in [3.05, 3.63) is 59.1 Å². The smallest absolute Gasteiger partial charge is 0.255 e. The van der Waals surface area contributed by atoms with Crippen molar-refractivity contribution < 1.29 is 9.59 Å². The van der Waals surface area contributed by atoms with Crippen molar-refractivity contribution in [2.45, 2.75) is 0 Å². The fourth-order valence-electron chi connectivity index (χ4n) is 1.54. The Morgan fingerprint density at radius 3 is 2.68 bits per heavy atom. The lowest BCUT2D eigenvalue weighted by Crippen LogP contribution is -2.11. The second kappa shape index (κ2) is 5.96. The zero-order chi connectivity index (χ0) is 13.7. The van der Waals surface area contributed by atoms with E-state index in [9.17, 15) is 9.59 Å². The summed E-state index contributed by atoms with van der Waals surface area (Å²) >= 11 is 5.83. The molecule has 0 radical (unpaired) electrons. The number of carbonyl (C=O) groups excluding carboxylic acids is 2. The third-order valence-electron chi connectivity index (χ3n) is 2.37. The second-order valence-electron chi connectivity index (χ2n) is 3.72. The van der Waals surface area contributed by atoms with E-state index in [0.29, 0.717) is 22.0 Å². The summed E-state index contributed by atoms with van der Waals surface area (Å²) < 4.78 is 0. The van der Waals surface area contributed by atoms with Crippen molar-refractivity contribution in [3.8, 4) is 0 Å². The first-order valence-corrected chi connectivity index (χ1v) is 5.82. The predicted octanol–water partition coefficient (Wildman–Crippen LogP) is 3.56. The van der Waals surface area contributed by atoms with Crippen LogP contribution in [0.15, 0.2) is 53.5 Å². The molecule has 19 heavy (non-hydrogen) atoms. The lowest BCUT2D eigenvalue weighted by molar-refractivity contribution is 0.102. The van der Waals surface area contributed by atoms with Crippen LogP contribution in [0.25, 0.3) is 0 Å². The Bertz CT molecular complexity index is 664. The van der Waals surface area contributed by atoms with Crippen molar-refractivity contribution in [3.63, 3.8) is 0 Å². The van der Waals surface area contributed by atoms with Gasteiger partial charge in [-0.2, -0.15) is 4.99 Å². The summed E-state index contributed by atoms with van der Waals surface area (Å²) in [6.45, 7) is 0. The van der Waals surface area contributed by atoms with Gasteiger partial charge in [0.25, 0.3) is 5.91 Å². The maximum Gasteiger partial charge on any atom is 0.255 e. The van der Waals surface area contributed by atoms with E-state index in [1.807, 2.05) is 0 Å². The largest absolute Gasteiger partial charge is 0.322 e. The first kappa shape index (κ1) is 13.0. The molecule has 0 heterocycles. The Hall–Kier alpha value is -2.42. The first-order chi connectivity index (χ1) is 9.19. The third kappa shape index (κ3) is 3.52. The fourth-order valence-corrected chi connectivity index (χ4v) is 1.73. The predicted molar refractivity (Wildman–Crippen MR) is 73.6 cm³/mol. The van der Waals surface area contributed by atoms with E-state index < -0.39 is 0 Å². The van der Waals surface area contributed by atoms with Gasteiger partial charge in [-0.3, -0.25) is 4.79 Å². The van der Waals surface area contributed by atoms with Gasteiger partial charge in [0.2, 0.25) is 6.08 Å².